The average molecular weight is 528 g/mol. The van der Waals surface area contributed by atoms with Gasteiger partial charge in [-0.3, -0.25) is 9.89 Å². The number of nitrogens with zero attached hydrogens (tertiary/aromatic N) is 3. The predicted octanol–water partition coefficient (Wildman–Crippen LogP) is 4.27. The van der Waals surface area contributed by atoms with Crippen molar-refractivity contribution in [3.63, 3.8) is 0 Å². The van der Waals surface area contributed by atoms with E-state index in [9.17, 15) is 0 Å². The molecule has 160 valence electrons. The molecule has 1 aliphatic rings. The summed E-state index contributed by atoms with van der Waals surface area (Å²) in [5.41, 5.74) is 3.82. The second-order valence-electron chi connectivity index (χ2n) is 7.51. The minimum absolute atomic E-state index is 0. The molecule has 0 atom stereocenters. The third-order valence-corrected chi connectivity index (χ3v) is 6.40. The van der Waals surface area contributed by atoms with Gasteiger partial charge in [0.25, 0.3) is 0 Å². The van der Waals surface area contributed by atoms with Gasteiger partial charge in [0.15, 0.2) is 5.96 Å². The summed E-state index contributed by atoms with van der Waals surface area (Å²) in [5, 5.41) is 7.96. The van der Waals surface area contributed by atoms with Crippen LogP contribution in [0.1, 0.15) is 46.0 Å². The van der Waals surface area contributed by atoms with E-state index >= 15 is 0 Å². The molecule has 0 amide bonds. The van der Waals surface area contributed by atoms with Gasteiger partial charge in [-0.15, -0.1) is 35.3 Å². The molecule has 2 heterocycles. The normalized spacial score (nSPS) is 15.1. The Balaban J connectivity index is 0.00000300. The van der Waals surface area contributed by atoms with Crippen LogP contribution in [0.25, 0.3) is 0 Å². The van der Waals surface area contributed by atoms with Crippen molar-refractivity contribution in [2.45, 2.75) is 52.6 Å². The van der Waals surface area contributed by atoms with Gasteiger partial charge < -0.3 is 10.6 Å². The molecule has 7 heteroatoms. The Kier molecular flexibility index (Phi) is 10.4. The summed E-state index contributed by atoms with van der Waals surface area (Å²) in [6, 6.07) is 8.96. The maximum atomic E-state index is 4.59. The number of piperidine rings is 1. The van der Waals surface area contributed by atoms with Crippen molar-refractivity contribution in [1.29, 1.82) is 0 Å². The number of rotatable bonds is 7. The Hall–Kier alpha value is -1.19. The summed E-state index contributed by atoms with van der Waals surface area (Å²) >= 11 is 1.78. The molecule has 1 saturated heterocycles. The Morgan fingerprint density at radius 3 is 2.38 bits per heavy atom. The number of likely N-dealkylation sites (tertiary alicyclic amines) is 1. The fourth-order valence-electron chi connectivity index (χ4n) is 3.48. The lowest BCUT2D eigenvalue weighted by Gasteiger charge is -2.26. The Labute approximate surface area is 196 Å². The van der Waals surface area contributed by atoms with Gasteiger partial charge in [-0.2, -0.15) is 0 Å². The molecule has 0 spiro atoms. The van der Waals surface area contributed by atoms with E-state index < -0.39 is 0 Å². The maximum absolute atomic E-state index is 4.59. The number of aliphatic imine (C=N–C) groups is 1. The van der Waals surface area contributed by atoms with Crippen LogP contribution < -0.4 is 10.6 Å². The lowest BCUT2D eigenvalue weighted by molar-refractivity contribution is 0.221. The molecule has 2 aromatic rings. The molecule has 3 rings (SSSR count). The van der Waals surface area contributed by atoms with Gasteiger partial charge in [-0.1, -0.05) is 30.7 Å². The second kappa shape index (κ2) is 12.5. The fourth-order valence-corrected chi connectivity index (χ4v) is 4.41. The molecule has 0 aliphatic carbocycles. The molecule has 1 aliphatic heterocycles. The standard InChI is InChI=1S/C22H33N5S.HI/c1-17-18(2)28-21(26-17)11-12-24-22(23-3)25-15-19-7-9-20(10-8-19)16-27-13-5-4-6-14-27;/h7-10H,4-6,11-16H2,1-3H3,(H2,23,24,25);1H. The lowest BCUT2D eigenvalue weighted by atomic mass is 10.1. The van der Waals surface area contributed by atoms with Gasteiger partial charge in [0, 0.05) is 38.0 Å². The minimum atomic E-state index is 0. The summed E-state index contributed by atoms with van der Waals surface area (Å²) in [7, 11) is 1.81. The lowest BCUT2D eigenvalue weighted by Crippen LogP contribution is -2.37. The predicted molar refractivity (Wildman–Crippen MR) is 134 cm³/mol. The van der Waals surface area contributed by atoms with Crippen molar-refractivity contribution in [3.8, 4) is 0 Å². The summed E-state index contributed by atoms with van der Waals surface area (Å²) in [4.78, 5) is 12.8. The molecule has 29 heavy (non-hydrogen) atoms. The van der Waals surface area contributed by atoms with Crippen molar-refractivity contribution in [1.82, 2.24) is 20.5 Å². The first-order valence-corrected chi connectivity index (χ1v) is 11.1. The van der Waals surface area contributed by atoms with Crippen LogP contribution in [-0.2, 0) is 19.5 Å². The number of aromatic nitrogens is 1. The Bertz CT molecular complexity index is 747. The molecule has 0 saturated carbocycles. The zero-order valence-electron chi connectivity index (χ0n) is 17.8. The van der Waals surface area contributed by atoms with Gasteiger partial charge in [-0.05, 0) is 50.9 Å². The van der Waals surface area contributed by atoms with Gasteiger partial charge in [0.2, 0.25) is 0 Å². The molecular weight excluding hydrogens is 493 g/mol. The summed E-state index contributed by atoms with van der Waals surface area (Å²) in [6.07, 6.45) is 5.00. The van der Waals surface area contributed by atoms with Crippen molar-refractivity contribution in [2.24, 2.45) is 4.99 Å². The first kappa shape index (κ1) is 24.1. The molecule has 1 fully saturated rings. The highest BCUT2D eigenvalue weighted by Crippen LogP contribution is 2.16. The summed E-state index contributed by atoms with van der Waals surface area (Å²) < 4.78 is 0. The molecule has 2 N–H and O–H groups in total. The minimum Gasteiger partial charge on any atom is -0.356 e. The van der Waals surface area contributed by atoms with Crippen molar-refractivity contribution in [2.75, 3.05) is 26.7 Å². The number of nitrogens with one attached hydrogen (secondary N) is 2. The van der Waals surface area contributed by atoms with E-state index in [4.69, 9.17) is 0 Å². The van der Waals surface area contributed by atoms with E-state index in [-0.39, 0.29) is 24.0 Å². The monoisotopic (exact) mass is 527 g/mol. The van der Waals surface area contributed by atoms with Crippen LogP contribution in [0.15, 0.2) is 29.3 Å². The third-order valence-electron chi connectivity index (χ3n) is 5.27. The van der Waals surface area contributed by atoms with Gasteiger partial charge in [0.05, 0.1) is 10.7 Å². The first-order chi connectivity index (χ1) is 13.6. The molecular formula is C22H34IN5S. The Morgan fingerprint density at radius 2 is 1.76 bits per heavy atom. The largest absolute Gasteiger partial charge is 0.356 e. The molecule has 0 radical (unpaired) electrons. The van der Waals surface area contributed by atoms with Crippen LogP contribution in [0.4, 0.5) is 0 Å². The van der Waals surface area contributed by atoms with Crippen LogP contribution in [0.3, 0.4) is 0 Å². The highest BCUT2D eigenvalue weighted by molar-refractivity contribution is 14.0. The van der Waals surface area contributed by atoms with E-state index in [0.29, 0.717) is 0 Å². The zero-order chi connectivity index (χ0) is 19.8. The molecule has 0 unspecified atom stereocenters. The van der Waals surface area contributed by atoms with Crippen molar-refractivity contribution < 1.29 is 0 Å². The number of thiazole rings is 1. The van der Waals surface area contributed by atoms with Gasteiger partial charge >= 0.3 is 0 Å². The number of halogens is 1. The molecule has 0 bridgehead atoms. The summed E-state index contributed by atoms with van der Waals surface area (Å²) in [6.45, 7) is 9.37. The fraction of sp³-hybridized carbons (Fsp3) is 0.545. The maximum Gasteiger partial charge on any atom is 0.191 e. The molecule has 1 aromatic heterocycles. The van der Waals surface area contributed by atoms with Crippen molar-refractivity contribution >= 4 is 41.3 Å². The smallest absolute Gasteiger partial charge is 0.191 e. The summed E-state index contributed by atoms with van der Waals surface area (Å²) in [5.74, 6) is 0.836. The SMILES string of the molecule is CN=C(NCCc1nc(C)c(C)s1)NCc1ccc(CN2CCCCC2)cc1.I. The van der Waals surface area contributed by atoms with Gasteiger partial charge in [-0.25, -0.2) is 4.98 Å². The highest BCUT2D eigenvalue weighted by Gasteiger charge is 2.10. The van der Waals surface area contributed by atoms with Crippen LogP contribution in [0.2, 0.25) is 0 Å². The molecule has 1 aromatic carbocycles. The number of aryl methyl sites for hydroxylation is 2. The van der Waals surface area contributed by atoms with Crippen LogP contribution in [-0.4, -0.2) is 42.5 Å². The first-order valence-electron chi connectivity index (χ1n) is 10.3. The van der Waals surface area contributed by atoms with Crippen LogP contribution in [0, 0.1) is 13.8 Å². The van der Waals surface area contributed by atoms with E-state index in [1.165, 1.54) is 53.4 Å². The third kappa shape index (κ3) is 7.86. The average Bonchev–Trinajstić information content (AvgIpc) is 3.04. The van der Waals surface area contributed by atoms with E-state index in [2.05, 4.69) is 63.6 Å². The quantitative estimate of drug-likeness (QED) is 0.321. The Morgan fingerprint density at radius 1 is 1.07 bits per heavy atom. The van der Waals surface area contributed by atoms with E-state index in [1.54, 1.807) is 11.3 Å². The number of hydrogen-bond donors (Lipinski definition) is 2. The van der Waals surface area contributed by atoms with Crippen molar-refractivity contribution in [3.05, 3.63) is 51.0 Å². The van der Waals surface area contributed by atoms with E-state index in [1.807, 2.05) is 7.05 Å². The molecule has 5 nitrogen and oxygen atoms in total. The number of hydrogen-bond acceptors (Lipinski definition) is 4. The van der Waals surface area contributed by atoms with Crippen LogP contribution in [0.5, 0.6) is 0 Å². The topological polar surface area (TPSA) is 52.6 Å². The second-order valence-corrected chi connectivity index (χ2v) is 8.79. The number of guanidine groups is 1. The van der Waals surface area contributed by atoms with Gasteiger partial charge in [0.1, 0.15) is 0 Å². The van der Waals surface area contributed by atoms with Crippen LogP contribution >= 0.6 is 35.3 Å². The number of benzene rings is 1. The zero-order valence-corrected chi connectivity index (χ0v) is 21.0. The van der Waals surface area contributed by atoms with E-state index in [0.717, 1.165) is 37.7 Å². The highest BCUT2D eigenvalue weighted by atomic mass is 127.